The molecule has 0 bridgehead atoms. The number of hydrogen-bond donors (Lipinski definition) is 0. The van der Waals surface area contributed by atoms with Crippen molar-refractivity contribution in [2.24, 2.45) is 0 Å². The first-order chi connectivity index (χ1) is 7.45. The van der Waals surface area contributed by atoms with Gasteiger partial charge in [-0.3, -0.25) is 0 Å². The lowest BCUT2D eigenvalue weighted by Gasteiger charge is -2.29. The number of hydrogen-bond acceptors (Lipinski definition) is 3. The molecule has 3 nitrogen and oxygen atoms in total. The Morgan fingerprint density at radius 3 is 1.71 bits per heavy atom. The van der Waals surface area contributed by atoms with Gasteiger partial charge in [0, 0.05) is 6.42 Å². The Bertz CT molecular complexity index is 256. The topological polar surface area (TPSA) is 35.5 Å². The normalized spacial score (nSPS) is 13.4. The van der Waals surface area contributed by atoms with E-state index in [0.717, 1.165) is 7.11 Å². The number of rotatable bonds is 3. The van der Waals surface area contributed by atoms with Gasteiger partial charge in [0.25, 0.3) is 0 Å². The maximum Gasteiger partial charge on any atom is 0.507 e. The van der Waals surface area contributed by atoms with Crippen LogP contribution in [0.3, 0.4) is 0 Å². The summed E-state index contributed by atoms with van der Waals surface area (Å²) in [6, 6.07) is 0. The Hall–Kier alpha value is -1.22. The molecule has 0 unspecified atom stereocenters. The highest BCUT2D eigenvalue weighted by Gasteiger charge is 2.72. The zero-order valence-electron chi connectivity index (χ0n) is 8.28. The fourth-order valence-electron chi connectivity index (χ4n) is 0.778. The second kappa shape index (κ2) is 4.96. The Morgan fingerprint density at radius 1 is 1.00 bits per heavy atom. The number of carbonyl (C=O) groups is 1. The van der Waals surface area contributed by atoms with E-state index in [1.54, 1.807) is 0 Å². The van der Waals surface area contributed by atoms with E-state index in [2.05, 4.69) is 9.47 Å². The number of alkyl halides is 7. The van der Waals surface area contributed by atoms with Crippen molar-refractivity contribution in [2.45, 2.75) is 24.4 Å². The predicted molar refractivity (Wildman–Crippen MR) is 38.9 cm³/mol. The van der Waals surface area contributed by atoms with Crippen LogP contribution in [0.2, 0.25) is 0 Å². The van der Waals surface area contributed by atoms with Crippen LogP contribution in [-0.4, -0.2) is 37.9 Å². The van der Waals surface area contributed by atoms with Gasteiger partial charge in [-0.15, -0.1) is 0 Å². The highest BCUT2D eigenvalue weighted by molar-refractivity contribution is 5.59. The standard InChI is InChI=1S/C7H7F7O3/c1-16-4(15)17-3-2-5(8,6(9,10)11)7(12,13)14/h2-3H2,1H3. The molecule has 0 rings (SSSR count). The average Bonchev–Trinajstić information content (AvgIpc) is 2.13. The van der Waals surface area contributed by atoms with Gasteiger partial charge in [0.2, 0.25) is 0 Å². The van der Waals surface area contributed by atoms with Gasteiger partial charge in [0.15, 0.2) is 0 Å². The smallest absolute Gasteiger partial charge is 0.438 e. The maximum atomic E-state index is 12.9. The molecule has 0 atom stereocenters. The fraction of sp³-hybridized carbons (Fsp3) is 0.857. The summed E-state index contributed by atoms with van der Waals surface area (Å²) < 4.78 is 92.1. The van der Waals surface area contributed by atoms with E-state index in [1.165, 1.54) is 0 Å². The molecule has 10 heteroatoms. The van der Waals surface area contributed by atoms with Gasteiger partial charge >= 0.3 is 24.2 Å². The monoisotopic (exact) mass is 272 g/mol. The van der Waals surface area contributed by atoms with Crippen molar-refractivity contribution in [1.82, 2.24) is 0 Å². The Labute approximate surface area is 90.5 Å². The largest absolute Gasteiger partial charge is 0.507 e. The van der Waals surface area contributed by atoms with Gasteiger partial charge in [-0.05, 0) is 0 Å². The van der Waals surface area contributed by atoms with Crippen LogP contribution in [0.5, 0.6) is 0 Å². The summed E-state index contributed by atoms with van der Waals surface area (Å²) in [5.41, 5.74) is -5.42. The summed E-state index contributed by atoms with van der Waals surface area (Å²) in [5.74, 6) is 0. The Morgan fingerprint density at radius 2 is 1.41 bits per heavy atom. The van der Waals surface area contributed by atoms with Crippen molar-refractivity contribution in [2.75, 3.05) is 13.7 Å². The van der Waals surface area contributed by atoms with Gasteiger partial charge in [0.1, 0.15) is 0 Å². The van der Waals surface area contributed by atoms with E-state index >= 15 is 0 Å². The lowest BCUT2D eigenvalue weighted by Crippen LogP contribution is -2.53. The summed E-state index contributed by atoms with van der Waals surface area (Å²) in [6.07, 6.45) is -15.9. The minimum absolute atomic E-state index is 0.790. The molecule has 0 aromatic rings. The Kier molecular flexibility index (Phi) is 4.61. The molecule has 0 aromatic heterocycles. The van der Waals surface area contributed by atoms with E-state index in [1.807, 2.05) is 0 Å². The third-order valence-electron chi connectivity index (χ3n) is 1.73. The summed E-state index contributed by atoms with van der Waals surface area (Å²) >= 11 is 0. The number of carbonyl (C=O) groups excluding carboxylic acids is 1. The van der Waals surface area contributed by atoms with E-state index < -0.39 is 37.2 Å². The van der Waals surface area contributed by atoms with Crippen LogP contribution in [0.4, 0.5) is 35.5 Å². The van der Waals surface area contributed by atoms with Crippen LogP contribution in [0, 0.1) is 0 Å². The van der Waals surface area contributed by atoms with E-state index in [9.17, 15) is 35.5 Å². The molecule has 0 saturated heterocycles. The fourth-order valence-corrected chi connectivity index (χ4v) is 0.778. The Balaban J connectivity index is 4.71. The van der Waals surface area contributed by atoms with Crippen LogP contribution in [0.1, 0.15) is 6.42 Å². The molecule has 102 valence electrons. The minimum Gasteiger partial charge on any atom is -0.438 e. The van der Waals surface area contributed by atoms with Crippen molar-refractivity contribution < 1.29 is 45.0 Å². The molecule has 0 radical (unpaired) electrons. The van der Waals surface area contributed by atoms with Crippen LogP contribution in [0.15, 0.2) is 0 Å². The van der Waals surface area contributed by atoms with Crippen molar-refractivity contribution >= 4 is 6.16 Å². The SMILES string of the molecule is COC(=O)OCCC(F)(C(F)(F)F)C(F)(F)F. The molecular formula is C7H7F7O3. The third-order valence-corrected chi connectivity index (χ3v) is 1.73. The summed E-state index contributed by atoms with van der Waals surface area (Å²) in [4.78, 5) is 10.3. The quantitative estimate of drug-likeness (QED) is 0.585. The zero-order chi connectivity index (χ0) is 13.9. The zero-order valence-corrected chi connectivity index (χ0v) is 8.28. The second-order valence-corrected chi connectivity index (χ2v) is 2.85. The third kappa shape index (κ3) is 3.63. The average molecular weight is 272 g/mol. The first kappa shape index (κ1) is 15.8. The van der Waals surface area contributed by atoms with Crippen LogP contribution < -0.4 is 0 Å². The second-order valence-electron chi connectivity index (χ2n) is 2.85. The van der Waals surface area contributed by atoms with Gasteiger partial charge in [0.05, 0.1) is 13.7 Å². The molecule has 0 N–H and O–H groups in total. The highest BCUT2D eigenvalue weighted by Crippen LogP contribution is 2.48. The number of methoxy groups -OCH3 is 1. The molecule has 0 aromatic carbocycles. The molecule has 0 heterocycles. The highest BCUT2D eigenvalue weighted by atomic mass is 19.4. The van der Waals surface area contributed by atoms with Crippen molar-refractivity contribution in [1.29, 1.82) is 0 Å². The van der Waals surface area contributed by atoms with Crippen molar-refractivity contribution in [3.63, 3.8) is 0 Å². The summed E-state index contributed by atoms with van der Waals surface area (Å²) in [5, 5.41) is 0. The molecule has 0 saturated carbocycles. The summed E-state index contributed by atoms with van der Waals surface area (Å²) in [7, 11) is 0.790. The molecule has 0 fully saturated rings. The molecular weight excluding hydrogens is 265 g/mol. The van der Waals surface area contributed by atoms with E-state index in [-0.39, 0.29) is 0 Å². The van der Waals surface area contributed by atoms with Gasteiger partial charge in [-0.2, -0.15) is 26.3 Å². The molecule has 0 aliphatic heterocycles. The predicted octanol–water partition coefficient (Wildman–Crippen LogP) is 2.99. The number of halogens is 7. The minimum atomic E-state index is -6.15. The van der Waals surface area contributed by atoms with Gasteiger partial charge in [-0.1, -0.05) is 0 Å². The lowest BCUT2D eigenvalue weighted by atomic mass is 10.0. The number of ether oxygens (including phenoxy) is 2. The van der Waals surface area contributed by atoms with Crippen LogP contribution >= 0.6 is 0 Å². The van der Waals surface area contributed by atoms with Gasteiger partial charge in [-0.25, -0.2) is 9.18 Å². The van der Waals surface area contributed by atoms with Crippen LogP contribution in [0.25, 0.3) is 0 Å². The van der Waals surface area contributed by atoms with Crippen molar-refractivity contribution in [3.8, 4) is 0 Å². The maximum absolute atomic E-state index is 12.9. The summed E-state index contributed by atoms with van der Waals surface area (Å²) in [6.45, 7) is -1.41. The molecule has 0 aliphatic carbocycles. The first-order valence-electron chi connectivity index (χ1n) is 3.99. The molecule has 17 heavy (non-hydrogen) atoms. The molecule has 0 aliphatic rings. The molecule has 0 amide bonds. The van der Waals surface area contributed by atoms with E-state index in [4.69, 9.17) is 0 Å². The van der Waals surface area contributed by atoms with E-state index in [0.29, 0.717) is 0 Å². The van der Waals surface area contributed by atoms with Crippen LogP contribution in [-0.2, 0) is 9.47 Å². The van der Waals surface area contributed by atoms with Gasteiger partial charge < -0.3 is 9.47 Å². The lowest BCUT2D eigenvalue weighted by molar-refractivity contribution is -0.344. The first-order valence-corrected chi connectivity index (χ1v) is 3.99. The molecule has 0 spiro atoms. The van der Waals surface area contributed by atoms with Crippen molar-refractivity contribution in [3.05, 3.63) is 0 Å².